The van der Waals surface area contributed by atoms with Crippen LogP contribution >= 0.6 is 0 Å². The van der Waals surface area contributed by atoms with E-state index in [-0.39, 0.29) is 17.2 Å². The lowest BCUT2D eigenvalue weighted by molar-refractivity contribution is 0.235. The predicted octanol–water partition coefficient (Wildman–Crippen LogP) is 2.28. The summed E-state index contributed by atoms with van der Waals surface area (Å²) in [4.78, 5) is 11.5. The Morgan fingerprint density at radius 2 is 1.89 bits per heavy atom. The number of hydrogen-bond acceptors (Lipinski definition) is 2. The molecule has 0 aliphatic carbocycles. The van der Waals surface area contributed by atoms with Crippen molar-refractivity contribution in [2.24, 2.45) is 5.41 Å². The van der Waals surface area contributed by atoms with E-state index < -0.39 is 0 Å². The number of benzene rings is 1. The predicted molar refractivity (Wildman–Crippen MR) is 72.7 cm³/mol. The molecule has 1 aromatic carbocycles. The lowest BCUT2D eigenvalue weighted by Crippen LogP contribution is -2.40. The van der Waals surface area contributed by atoms with Gasteiger partial charge in [0.05, 0.1) is 0 Å². The zero-order valence-electron chi connectivity index (χ0n) is 11.3. The van der Waals surface area contributed by atoms with Gasteiger partial charge in [0.2, 0.25) is 0 Å². The lowest BCUT2D eigenvalue weighted by atomic mass is 9.97. The molecule has 3 N–H and O–H groups in total. The summed E-state index contributed by atoms with van der Waals surface area (Å²) in [7, 11) is 0. The van der Waals surface area contributed by atoms with Crippen LogP contribution in [0.2, 0.25) is 0 Å². The molecule has 0 unspecified atom stereocenters. The molecule has 0 bridgehead atoms. The topological polar surface area (TPSA) is 61.4 Å². The Labute approximate surface area is 108 Å². The number of carbonyl (C=O) groups is 1. The first-order valence-electron chi connectivity index (χ1n) is 6.17. The van der Waals surface area contributed by atoms with Crippen LogP contribution in [0.1, 0.15) is 26.3 Å². The van der Waals surface area contributed by atoms with Crippen molar-refractivity contribution in [1.82, 2.24) is 10.6 Å². The number of phenols is 1. The van der Waals surface area contributed by atoms with Crippen molar-refractivity contribution in [1.29, 1.82) is 0 Å². The van der Waals surface area contributed by atoms with Gasteiger partial charge in [0.15, 0.2) is 0 Å². The van der Waals surface area contributed by atoms with E-state index in [2.05, 4.69) is 31.4 Å². The van der Waals surface area contributed by atoms with Gasteiger partial charge in [0.25, 0.3) is 0 Å². The molecular formula is C14H22N2O2. The summed E-state index contributed by atoms with van der Waals surface area (Å²) in [6.45, 7) is 7.34. The van der Waals surface area contributed by atoms with Crippen molar-refractivity contribution in [2.45, 2.75) is 27.2 Å². The Bertz CT molecular complexity index is 397. The monoisotopic (exact) mass is 250 g/mol. The van der Waals surface area contributed by atoms with Gasteiger partial charge in [-0.3, -0.25) is 0 Å². The molecule has 100 valence electrons. The molecule has 18 heavy (non-hydrogen) atoms. The van der Waals surface area contributed by atoms with Gasteiger partial charge in [-0.1, -0.05) is 39.0 Å². The maximum Gasteiger partial charge on any atom is 0.314 e. The van der Waals surface area contributed by atoms with E-state index in [9.17, 15) is 9.90 Å². The van der Waals surface area contributed by atoms with Crippen molar-refractivity contribution < 1.29 is 9.90 Å². The van der Waals surface area contributed by atoms with Crippen LogP contribution in [0, 0.1) is 5.41 Å². The molecular weight excluding hydrogens is 228 g/mol. The number of aromatic hydroxyl groups is 1. The number of urea groups is 1. The first-order valence-corrected chi connectivity index (χ1v) is 6.17. The highest BCUT2D eigenvalue weighted by Crippen LogP contribution is 2.15. The second-order valence-corrected chi connectivity index (χ2v) is 5.55. The van der Waals surface area contributed by atoms with E-state index in [4.69, 9.17) is 0 Å². The van der Waals surface area contributed by atoms with Crippen LogP contribution < -0.4 is 10.6 Å². The van der Waals surface area contributed by atoms with Crippen molar-refractivity contribution >= 4 is 6.03 Å². The molecule has 0 saturated heterocycles. The highest BCUT2D eigenvalue weighted by molar-refractivity contribution is 5.73. The molecule has 1 rings (SSSR count). The van der Waals surface area contributed by atoms with Gasteiger partial charge >= 0.3 is 6.03 Å². The highest BCUT2D eigenvalue weighted by atomic mass is 16.3. The molecule has 0 fully saturated rings. The molecule has 0 saturated carbocycles. The van der Waals surface area contributed by atoms with Crippen LogP contribution in [-0.4, -0.2) is 24.2 Å². The van der Waals surface area contributed by atoms with Gasteiger partial charge < -0.3 is 15.7 Å². The molecule has 4 nitrogen and oxygen atoms in total. The van der Waals surface area contributed by atoms with Crippen LogP contribution in [-0.2, 0) is 6.42 Å². The number of amides is 2. The number of phenolic OH excluding ortho intramolecular Hbond substituents is 1. The van der Waals surface area contributed by atoms with E-state index in [1.807, 2.05) is 12.1 Å². The summed E-state index contributed by atoms with van der Waals surface area (Å²) in [5, 5.41) is 15.1. The second kappa shape index (κ2) is 6.28. The maximum atomic E-state index is 11.5. The Balaban J connectivity index is 2.26. The minimum atomic E-state index is -0.166. The standard InChI is InChI=1S/C14H22N2O2/c1-14(2,3)10-16-13(18)15-9-8-11-6-4-5-7-12(11)17/h4-7,17H,8-10H2,1-3H3,(H2,15,16,18). The van der Waals surface area contributed by atoms with Gasteiger partial charge in [0.1, 0.15) is 5.75 Å². The fraction of sp³-hybridized carbons (Fsp3) is 0.500. The van der Waals surface area contributed by atoms with Crippen molar-refractivity contribution in [3.63, 3.8) is 0 Å². The van der Waals surface area contributed by atoms with Gasteiger partial charge in [-0.05, 0) is 23.5 Å². The molecule has 0 aliphatic heterocycles. The number of hydrogen-bond donors (Lipinski definition) is 3. The molecule has 0 aromatic heterocycles. The van der Waals surface area contributed by atoms with Crippen LogP contribution in [0.5, 0.6) is 5.75 Å². The smallest absolute Gasteiger partial charge is 0.314 e. The average Bonchev–Trinajstić information content (AvgIpc) is 2.28. The first-order chi connectivity index (χ1) is 8.38. The van der Waals surface area contributed by atoms with Crippen LogP contribution in [0.25, 0.3) is 0 Å². The van der Waals surface area contributed by atoms with Crippen LogP contribution in [0.15, 0.2) is 24.3 Å². The molecule has 2 amide bonds. The Morgan fingerprint density at radius 3 is 2.50 bits per heavy atom. The quantitative estimate of drug-likeness (QED) is 0.767. The summed E-state index contributed by atoms with van der Waals surface area (Å²) < 4.78 is 0. The van der Waals surface area contributed by atoms with E-state index in [0.717, 1.165) is 5.56 Å². The Hall–Kier alpha value is -1.71. The lowest BCUT2D eigenvalue weighted by Gasteiger charge is -2.18. The normalized spacial score (nSPS) is 11.1. The third-order valence-corrected chi connectivity index (χ3v) is 2.45. The summed E-state index contributed by atoms with van der Waals surface area (Å²) >= 11 is 0. The first kappa shape index (κ1) is 14.4. The molecule has 0 spiro atoms. The minimum Gasteiger partial charge on any atom is -0.508 e. The summed E-state index contributed by atoms with van der Waals surface area (Å²) in [6, 6.07) is 6.98. The molecule has 0 aliphatic rings. The molecule has 0 heterocycles. The minimum absolute atomic E-state index is 0.0784. The largest absolute Gasteiger partial charge is 0.508 e. The summed E-state index contributed by atoms with van der Waals surface area (Å²) in [5.74, 6) is 0.273. The van der Waals surface area contributed by atoms with Crippen LogP contribution in [0.3, 0.4) is 0 Å². The van der Waals surface area contributed by atoms with Gasteiger partial charge in [-0.15, -0.1) is 0 Å². The van der Waals surface area contributed by atoms with Gasteiger partial charge in [-0.25, -0.2) is 4.79 Å². The highest BCUT2D eigenvalue weighted by Gasteiger charge is 2.11. The van der Waals surface area contributed by atoms with Gasteiger partial charge in [0, 0.05) is 13.1 Å². The third kappa shape index (κ3) is 5.57. The van der Waals surface area contributed by atoms with E-state index >= 15 is 0 Å². The summed E-state index contributed by atoms with van der Waals surface area (Å²) in [5.41, 5.74) is 0.920. The maximum absolute atomic E-state index is 11.5. The number of para-hydroxylation sites is 1. The van der Waals surface area contributed by atoms with Crippen molar-refractivity contribution in [3.05, 3.63) is 29.8 Å². The third-order valence-electron chi connectivity index (χ3n) is 2.45. The Morgan fingerprint density at radius 1 is 1.22 bits per heavy atom. The fourth-order valence-electron chi connectivity index (χ4n) is 1.44. The van der Waals surface area contributed by atoms with Crippen molar-refractivity contribution in [3.8, 4) is 5.75 Å². The van der Waals surface area contributed by atoms with Crippen LogP contribution in [0.4, 0.5) is 4.79 Å². The van der Waals surface area contributed by atoms with E-state index in [1.165, 1.54) is 0 Å². The number of nitrogens with one attached hydrogen (secondary N) is 2. The SMILES string of the molecule is CC(C)(C)CNC(=O)NCCc1ccccc1O. The van der Waals surface area contributed by atoms with Crippen molar-refractivity contribution in [2.75, 3.05) is 13.1 Å². The van der Waals surface area contributed by atoms with E-state index in [1.54, 1.807) is 12.1 Å². The summed E-state index contributed by atoms with van der Waals surface area (Å²) in [6.07, 6.45) is 0.621. The number of rotatable bonds is 4. The zero-order valence-corrected chi connectivity index (χ0v) is 11.3. The fourth-order valence-corrected chi connectivity index (χ4v) is 1.44. The van der Waals surface area contributed by atoms with Gasteiger partial charge in [-0.2, -0.15) is 0 Å². The molecule has 0 atom stereocenters. The molecule has 1 aromatic rings. The average molecular weight is 250 g/mol. The zero-order chi connectivity index (χ0) is 13.6. The van der Waals surface area contributed by atoms with E-state index in [0.29, 0.717) is 19.5 Å². The molecule has 0 radical (unpaired) electrons. The number of carbonyl (C=O) groups excluding carboxylic acids is 1. The Kier molecular flexibility index (Phi) is 5.01. The second-order valence-electron chi connectivity index (χ2n) is 5.55. The molecule has 4 heteroatoms.